The van der Waals surface area contributed by atoms with Crippen LogP contribution >= 0.6 is 0 Å². The molecule has 2 rings (SSSR count). The quantitative estimate of drug-likeness (QED) is 0.778. The van der Waals surface area contributed by atoms with Gasteiger partial charge in [-0.3, -0.25) is 9.59 Å². The van der Waals surface area contributed by atoms with Crippen LogP contribution in [-0.2, 0) is 4.79 Å². The molecule has 0 bridgehead atoms. The first kappa shape index (κ1) is 11.5. The highest BCUT2D eigenvalue weighted by atomic mass is 19.1. The zero-order chi connectivity index (χ0) is 12.4. The molecule has 0 atom stereocenters. The van der Waals surface area contributed by atoms with E-state index in [-0.39, 0.29) is 18.0 Å². The summed E-state index contributed by atoms with van der Waals surface area (Å²) in [6.07, 6.45) is 0. The Bertz CT molecular complexity index is 477. The molecule has 0 radical (unpaired) electrons. The molecule has 1 N–H and O–H groups in total. The Morgan fingerprint density at radius 1 is 1.35 bits per heavy atom. The van der Waals surface area contributed by atoms with Gasteiger partial charge in [-0.2, -0.15) is 0 Å². The fourth-order valence-electron chi connectivity index (χ4n) is 1.64. The lowest BCUT2D eigenvalue weighted by atomic mass is 10.1. The minimum atomic E-state index is -0.789. The van der Waals surface area contributed by atoms with Gasteiger partial charge in [-0.25, -0.2) is 8.78 Å². The zero-order valence-electron chi connectivity index (χ0n) is 8.87. The Morgan fingerprint density at radius 2 is 2.12 bits per heavy atom. The lowest BCUT2D eigenvalue weighted by Gasteiger charge is -2.26. The first-order chi connectivity index (χ1) is 8.08. The van der Waals surface area contributed by atoms with Crippen molar-refractivity contribution < 1.29 is 18.4 Å². The van der Waals surface area contributed by atoms with E-state index in [0.717, 1.165) is 18.2 Å². The highest BCUT2D eigenvalue weighted by molar-refractivity contribution is 5.97. The van der Waals surface area contributed by atoms with Gasteiger partial charge in [-0.05, 0) is 18.2 Å². The minimum absolute atomic E-state index is 0.130. The van der Waals surface area contributed by atoms with E-state index in [1.54, 1.807) is 0 Å². The van der Waals surface area contributed by atoms with Crippen LogP contribution in [0.1, 0.15) is 10.4 Å². The Kier molecular flexibility index (Phi) is 3.03. The van der Waals surface area contributed by atoms with Crippen LogP contribution in [0.25, 0.3) is 0 Å². The average molecular weight is 240 g/mol. The largest absolute Gasteiger partial charge is 0.353 e. The number of halogens is 2. The molecule has 2 amide bonds. The van der Waals surface area contributed by atoms with Gasteiger partial charge in [0.15, 0.2) is 0 Å². The van der Waals surface area contributed by atoms with Gasteiger partial charge >= 0.3 is 0 Å². The van der Waals surface area contributed by atoms with E-state index in [9.17, 15) is 18.4 Å². The highest BCUT2D eigenvalue weighted by Gasteiger charge is 2.24. The molecule has 0 spiro atoms. The maximum Gasteiger partial charge on any atom is 0.257 e. The van der Waals surface area contributed by atoms with Crippen molar-refractivity contribution in [2.45, 2.75) is 0 Å². The Balaban J connectivity index is 2.24. The van der Waals surface area contributed by atoms with Crippen LogP contribution in [0.2, 0.25) is 0 Å². The predicted octanol–water partition coefficient (Wildman–Crippen LogP) is 0.537. The van der Waals surface area contributed by atoms with Gasteiger partial charge in [0.05, 0.1) is 12.1 Å². The maximum absolute atomic E-state index is 13.4. The molecule has 17 heavy (non-hydrogen) atoms. The third-order valence-electron chi connectivity index (χ3n) is 2.48. The van der Waals surface area contributed by atoms with Crippen LogP contribution in [0.3, 0.4) is 0 Å². The molecule has 0 unspecified atom stereocenters. The molecule has 6 heteroatoms. The van der Waals surface area contributed by atoms with Gasteiger partial charge in [-0.1, -0.05) is 0 Å². The van der Waals surface area contributed by atoms with Crippen molar-refractivity contribution in [1.82, 2.24) is 10.2 Å². The van der Waals surface area contributed by atoms with Crippen molar-refractivity contribution >= 4 is 11.8 Å². The topological polar surface area (TPSA) is 49.4 Å². The number of benzene rings is 1. The lowest BCUT2D eigenvalue weighted by Crippen LogP contribution is -2.50. The molecule has 0 aromatic heterocycles. The van der Waals surface area contributed by atoms with E-state index >= 15 is 0 Å². The van der Waals surface area contributed by atoms with Gasteiger partial charge in [0, 0.05) is 13.1 Å². The fraction of sp³-hybridized carbons (Fsp3) is 0.273. The number of nitrogens with one attached hydrogen (secondary N) is 1. The molecule has 1 aliphatic heterocycles. The number of nitrogens with zero attached hydrogens (tertiary/aromatic N) is 1. The molecule has 1 saturated heterocycles. The Labute approximate surface area is 96.2 Å². The second-order valence-electron chi connectivity index (χ2n) is 3.70. The van der Waals surface area contributed by atoms with Crippen molar-refractivity contribution in [3.05, 3.63) is 35.4 Å². The first-order valence-corrected chi connectivity index (χ1v) is 5.09. The van der Waals surface area contributed by atoms with E-state index in [0.29, 0.717) is 13.1 Å². The molecule has 1 aromatic carbocycles. The monoisotopic (exact) mass is 240 g/mol. The van der Waals surface area contributed by atoms with Crippen LogP contribution in [0.4, 0.5) is 8.78 Å². The van der Waals surface area contributed by atoms with Crippen molar-refractivity contribution in [3.8, 4) is 0 Å². The van der Waals surface area contributed by atoms with Crippen molar-refractivity contribution in [1.29, 1.82) is 0 Å². The number of hydrogen-bond donors (Lipinski definition) is 1. The van der Waals surface area contributed by atoms with E-state index in [1.807, 2.05) is 0 Å². The summed E-state index contributed by atoms with van der Waals surface area (Å²) >= 11 is 0. The Morgan fingerprint density at radius 3 is 2.82 bits per heavy atom. The summed E-state index contributed by atoms with van der Waals surface area (Å²) in [5.41, 5.74) is -0.347. The van der Waals surface area contributed by atoms with Gasteiger partial charge in [0.1, 0.15) is 11.6 Å². The minimum Gasteiger partial charge on any atom is -0.353 e. The lowest BCUT2D eigenvalue weighted by molar-refractivity contribution is -0.123. The molecular formula is C11H10F2N2O2. The molecular weight excluding hydrogens is 230 g/mol. The number of rotatable bonds is 1. The van der Waals surface area contributed by atoms with E-state index in [2.05, 4.69) is 5.32 Å². The van der Waals surface area contributed by atoms with Crippen molar-refractivity contribution in [2.75, 3.05) is 19.6 Å². The third kappa shape index (κ3) is 2.41. The summed E-state index contributed by atoms with van der Waals surface area (Å²) in [6, 6.07) is 2.67. The van der Waals surface area contributed by atoms with Gasteiger partial charge in [0.25, 0.3) is 5.91 Å². The summed E-state index contributed by atoms with van der Waals surface area (Å²) in [6.45, 7) is 0.483. The number of piperazine rings is 1. The highest BCUT2D eigenvalue weighted by Crippen LogP contribution is 2.13. The van der Waals surface area contributed by atoms with E-state index < -0.39 is 17.5 Å². The molecule has 90 valence electrons. The standard InChI is InChI=1S/C11H10F2N2O2/c12-7-1-2-9(13)8(5-7)11(17)15-4-3-14-10(16)6-15/h1-2,5H,3-4,6H2,(H,14,16). The average Bonchev–Trinajstić information content (AvgIpc) is 2.31. The molecule has 0 saturated carbocycles. The molecule has 1 heterocycles. The number of amides is 2. The second-order valence-corrected chi connectivity index (χ2v) is 3.70. The zero-order valence-corrected chi connectivity index (χ0v) is 8.87. The summed E-state index contributed by atoms with van der Waals surface area (Å²) in [7, 11) is 0. The van der Waals surface area contributed by atoms with E-state index in [4.69, 9.17) is 0 Å². The summed E-state index contributed by atoms with van der Waals surface area (Å²) in [5, 5.41) is 2.54. The number of carbonyl (C=O) groups is 2. The molecule has 0 aliphatic carbocycles. The molecule has 1 aromatic rings. The van der Waals surface area contributed by atoms with Crippen LogP contribution in [0, 0.1) is 11.6 Å². The SMILES string of the molecule is O=C1CN(C(=O)c2cc(F)ccc2F)CCN1. The van der Waals surface area contributed by atoms with Crippen LogP contribution < -0.4 is 5.32 Å². The smallest absolute Gasteiger partial charge is 0.257 e. The summed E-state index contributed by atoms with van der Waals surface area (Å²) in [5.74, 6) is -2.45. The molecule has 1 aliphatic rings. The van der Waals surface area contributed by atoms with Gasteiger partial charge in [0.2, 0.25) is 5.91 Å². The molecule has 1 fully saturated rings. The maximum atomic E-state index is 13.4. The summed E-state index contributed by atoms with van der Waals surface area (Å²) in [4.78, 5) is 24.1. The Hall–Kier alpha value is -1.98. The normalized spacial score (nSPS) is 15.6. The molecule has 4 nitrogen and oxygen atoms in total. The second kappa shape index (κ2) is 4.48. The number of hydrogen-bond acceptors (Lipinski definition) is 2. The predicted molar refractivity (Wildman–Crippen MR) is 55.3 cm³/mol. The van der Waals surface area contributed by atoms with Gasteiger partial charge < -0.3 is 10.2 Å². The van der Waals surface area contributed by atoms with Crippen LogP contribution in [0.15, 0.2) is 18.2 Å². The van der Waals surface area contributed by atoms with Crippen molar-refractivity contribution in [2.24, 2.45) is 0 Å². The third-order valence-corrected chi connectivity index (χ3v) is 2.48. The van der Waals surface area contributed by atoms with E-state index in [1.165, 1.54) is 4.90 Å². The van der Waals surface area contributed by atoms with Crippen LogP contribution in [0.5, 0.6) is 0 Å². The summed E-state index contributed by atoms with van der Waals surface area (Å²) < 4.78 is 26.3. The van der Waals surface area contributed by atoms with Crippen molar-refractivity contribution in [3.63, 3.8) is 0 Å². The fourth-order valence-corrected chi connectivity index (χ4v) is 1.64. The first-order valence-electron chi connectivity index (χ1n) is 5.09. The van der Waals surface area contributed by atoms with Crippen LogP contribution in [-0.4, -0.2) is 36.3 Å². The van der Waals surface area contributed by atoms with Gasteiger partial charge in [-0.15, -0.1) is 0 Å². The number of carbonyl (C=O) groups excluding carboxylic acids is 2.